The minimum atomic E-state index is 0. The topological polar surface area (TPSA) is 50.4 Å². The zero-order chi connectivity index (χ0) is 17.3. The largest absolute Gasteiger partial charge is 0.491 e. The number of hydrogen-bond donors (Lipinski definition) is 2. The van der Waals surface area contributed by atoms with Gasteiger partial charge in [0, 0.05) is 12.8 Å². The molecule has 0 spiro atoms. The minimum absolute atomic E-state index is 0. The molecule has 3 rings (SSSR count). The van der Waals surface area contributed by atoms with Crippen LogP contribution in [0.3, 0.4) is 0 Å². The lowest BCUT2D eigenvalue weighted by atomic mass is 10.0. The Morgan fingerprint density at radius 2 is 1.88 bits per heavy atom. The number of halogens is 1. The van der Waals surface area contributed by atoms with Crippen LogP contribution >= 0.6 is 12.4 Å². The molecule has 5 heteroatoms. The van der Waals surface area contributed by atoms with Crippen LogP contribution in [0, 0.1) is 5.92 Å². The van der Waals surface area contributed by atoms with Crippen LogP contribution in [0.5, 0.6) is 5.75 Å². The zero-order valence-corrected chi connectivity index (χ0v) is 15.8. The summed E-state index contributed by atoms with van der Waals surface area (Å²) in [5.41, 5.74) is 2.00. The predicted molar refractivity (Wildman–Crippen MR) is 108 cm³/mol. The third kappa shape index (κ3) is 6.36. The molecule has 1 atom stereocenters. The molecule has 1 aliphatic rings. The Kier molecular flexibility index (Phi) is 8.45. The van der Waals surface area contributed by atoms with Crippen molar-refractivity contribution in [1.82, 2.24) is 5.32 Å². The van der Waals surface area contributed by atoms with Gasteiger partial charge in [-0.25, -0.2) is 0 Å². The second-order valence-corrected chi connectivity index (χ2v) is 6.53. The molecular weight excluding hydrogens is 348 g/mol. The van der Waals surface area contributed by atoms with Crippen molar-refractivity contribution in [3.8, 4) is 5.75 Å². The lowest BCUT2D eigenvalue weighted by Crippen LogP contribution is -2.15. The Morgan fingerprint density at radius 3 is 2.65 bits per heavy atom. The van der Waals surface area contributed by atoms with Gasteiger partial charge in [-0.05, 0) is 49.5 Å². The van der Waals surface area contributed by atoms with E-state index in [2.05, 4.69) is 22.8 Å². The van der Waals surface area contributed by atoms with Gasteiger partial charge in [0.25, 0.3) is 0 Å². The highest BCUT2D eigenvalue weighted by Crippen LogP contribution is 2.24. The van der Waals surface area contributed by atoms with Crippen molar-refractivity contribution in [1.29, 1.82) is 0 Å². The Balaban J connectivity index is 0.00000243. The first kappa shape index (κ1) is 20.3. The van der Waals surface area contributed by atoms with Crippen molar-refractivity contribution < 1.29 is 9.53 Å². The number of anilines is 1. The fourth-order valence-corrected chi connectivity index (χ4v) is 3.13. The molecule has 140 valence electrons. The molecule has 1 amide bonds. The van der Waals surface area contributed by atoms with E-state index in [1.54, 1.807) is 0 Å². The first-order chi connectivity index (χ1) is 12.3. The molecule has 26 heavy (non-hydrogen) atoms. The number of nitrogens with one attached hydrogen (secondary N) is 2. The van der Waals surface area contributed by atoms with E-state index in [1.165, 1.54) is 12.0 Å². The maximum Gasteiger partial charge on any atom is 0.224 e. The van der Waals surface area contributed by atoms with Crippen LogP contribution in [0.15, 0.2) is 54.6 Å². The average Bonchev–Trinajstić information content (AvgIpc) is 3.16. The van der Waals surface area contributed by atoms with Gasteiger partial charge in [0.2, 0.25) is 5.91 Å². The molecular formula is C21H27ClN2O2. The second kappa shape index (κ2) is 10.8. The first-order valence-corrected chi connectivity index (χ1v) is 9.07. The number of para-hydroxylation sites is 2. The third-order valence-corrected chi connectivity index (χ3v) is 4.59. The third-order valence-electron chi connectivity index (χ3n) is 4.59. The predicted octanol–water partition coefficient (Wildman–Crippen LogP) is 4.06. The molecule has 0 radical (unpaired) electrons. The number of carbonyl (C=O) groups excluding carboxylic acids is 1. The Labute approximate surface area is 161 Å². The van der Waals surface area contributed by atoms with Gasteiger partial charge in [0.1, 0.15) is 5.75 Å². The normalized spacial score (nSPS) is 15.9. The summed E-state index contributed by atoms with van der Waals surface area (Å²) in [5.74, 6) is 1.42. The molecule has 1 fully saturated rings. The molecule has 0 aromatic heterocycles. The van der Waals surface area contributed by atoms with Gasteiger partial charge in [-0.3, -0.25) is 4.79 Å². The molecule has 1 unspecified atom stereocenters. The van der Waals surface area contributed by atoms with Crippen molar-refractivity contribution >= 4 is 24.0 Å². The molecule has 4 nitrogen and oxygen atoms in total. The van der Waals surface area contributed by atoms with Gasteiger partial charge in [0.05, 0.1) is 12.3 Å². The van der Waals surface area contributed by atoms with Gasteiger partial charge in [0.15, 0.2) is 0 Å². The molecule has 2 aromatic carbocycles. The Morgan fingerprint density at radius 1 is 1.12 bits per heavy atom. The van der Waals surface area contributed by atoms with E-state index in [-0.39, 0.29) is 18.3 Å². The summed E-state index contributed by atoms with van der Waals surface area (Å²) in [7, 11) is 0. The summed E-state index contributed by atoms with van der Waals surface area (Å²) in [5, 5.41) is 6.34. The quantitative estimate of drug-likeness (QED) is 0.732. The van der Waals surface area contributed by atoms with Crippen molar-refractivity contribution in [2.45, 2.75) is 25.7 Å². The van der Waals surface area contributed by atoms with Crippen LogP contribution in [0.2, 0.25) is 0 Å². The number of hydrogen-bond acceptors (Lipinski definition) is 3. The smallest absolute Gasteiger partial charge is 0.224 e. The zero-order valence-electron chi connectivity index (χ0n) is 14.9. The van der Waals surface area contributed by atoms with Crippen LogP contribution in [-0.4, -0.2) is 25.6 Å². The van der Waals surface area contributed by atoms with E-state index in [0.29, 0.717) is 18.9 Å². The summed E-state index contributed by atoms with van der Waals surface area (Å²) < 4.78 is 5.90. The van der Waals surface area contributed by atoms with Crippen LogP contribution in [0.25, 0.3) is 0 Å². The number of ether oxygens (including phenoxy) is 1. The van der Waals surface area contributed by atoms with E-state index in [0.717, 1.165) is 37.4 Å². The Hall–Kier alpha value is -2.04. The highest BCUT2D eigenvalue weighted by molar-refractivity contribution is 5.92. The van der Waals surface area contributed by atoms with Gasteiger partial charge >= 0.3 is 0 Å². The van der Waals surface area contributed by atoms with Crippen molar-refractivity contribution in [2.24, 2.45) is 5.92 Å². The number of carbonyl (C=O) groups is 1. The maximum atomic E-state index is 12.2. The van der Waals surface area contributed by atoms with Crippen molar-refractivity contribution in [3.63, 3.8) is 0 Å². The molecule has 1 aliphatic heterocycles. The van der Waals surface area contributed by atoms with Crippen LogP contribution in [0.1, 0.15) is 24.8 Å². The van der Waals surface area contributed by atoms with Crippen LogP contribution in [0.4, 0.5) is 5.69 Å². The van der Waals surface area contributed by atoms with E-state index in [9.17, 15) is 4.79 Å². The summed E-state index contributed by atoms with van der Waals surface area (Å²) >= 11 is 0. The average molecular weight is 375 g/mol. The van der Waals surface area contributed by atoms with Gasteiger partial charge in [-0.2, -0.15) is 0 Å². The highest BCUT2D eigenvalue weighted by atomic mass is 35.5. The molecule has 1 saturated heterocycles. The molecule has 0 aliphatic carbocycles. The first-order valence-electron chi connectivity index (χ1n) is 9.07. The van der Waals surface area contributed by atoms with Crippen LogP contribution in [-0.2, 0) is 11.2 Å². The fourth-order valence-electron chi connectivity index (χ4n) is 3.13. The molecule has 2 aromatic rings. The summed E-state index contributed by atoms with van der Waals surface area (Å²) in [4.78, 5) is 12.2. The second-order valence-electron chi connectivity index (χ2n) is 6.53. The SMILES string of the molecule is Cl.O=C(CCC1CCNC1)Nc1ccccc1OCCc1ccccc1. The number of rotatable bonds is 8. The van der Waals surface area contributed by atoms with E-state index in [4.69, 9.17) is 4.74 Å². The van der Waals surface area contributed by atoms with Gasteiger partial charge < -0.3 is 15.4 Å². The van der Waals surface area contributed by atoms with E-state index < -0.39 is 0 Å². The van der Waals surface area contributed by atoms with E-state index in [1.807, 2.05) is 42.5 Å². The summed E-state index contributed by atoms with van der Waals surface area (Å²) in [6.45, 7) is 2.70. The monoisotopic (exact) mass is 374 g/mol. The van der Waals surface area contributed by atoms with Crippen molar-refractivity contribution in [3.05, 3.63) is 60.2 Å². The molecule has 0 saturated carbocycles. The van der Waals surface area contributed by atoms with E-state index >= 15 is 0 Å². The Bertz CT molecular complexity index is 673. The lowest BCUT2D eigenvalue weighted by molar-refractivity contribution is -0.116. The standard InChI is InChI=1S/C21H26N2O2.ClH/c24-21(11-10-18-12-14-22-16-18)23-19-8-4-5-9-20(19)25-15-13-17-6-2-1-3-7-17;/h1-9,18,22H,10-16H2,(H,23,24);1H. The molecule has 0 bridgehead atoms. The van der Waals surface area contributed by atoms with Gasteiger partial charge in [-0.15, -0.1) is 12.4 Å². The highest BCUT2D eigenvalue weighted by Gasteiger charge is 2.16. The fraction of sp³-hybridized carbons (Fsp3) is 0.381. The maximum absolute atomic E-state index is 12.2. The summed E-state index contributed by atoms with van der Waals surface area (Å²) in [6.07, 6.45) is 3.52. The number of amides is 1. The molecule has 1 heterocycles. The van der Waals surface area contributed by atoms with Gasteiger partial charge in [-0.1, -0.05) is 42.5 Å². The minimum Gasteiger partial charge on any atom is -0.491 e. The van der Waals surface area contributed by atoms with Crippen LogP contribution < -0.4 is 15.4 Å². The van der Waals surface area contributed by atoms with Crippen molar-refractivity contribution in [2.75, 3.05) is 25.0 Å². The summed E-state index contributed by atoms with van der Waals surface area (Å²) in [6, 6.07) is 17.9. The number of benzene rings is 2. The lowest BCUT2D eigenvalue weighted by Gasteiger charge is -2.13. The molecule has 2 N–H and O–H groups in total.